The first-order chi connectivity index (χ1) is 8.57. The van der Waals surface area contributed by atoms with Crippen molar-refractivity contribution in [2.24, 2.45) is 0 Å². The van der Waals surface area contributed by atoms with E-state index in [1.165, 1.54) is 20.0 Å². The Morgan fingerprint density at radius 2 is 2.11 bits per heavy atom. The lowest BCUT2D eigenvalue weighted by molar-refractivity contribution is -0.148. The van der Waals surface area contributed by atoms with Crippen molar-refractivity contribution in [1.29, 1.82) is 0 Å². The number of carbonyl (C=O) groups is 1. The Bertz CT molecular complexity index is 267. The van der Waals surface area contributed by atoms with Gasteiger partial charge in [0.2, 0.25) is 0 Å². The normalized spacial score (nSPS) is 18.7. The third-order valence-corrected chi connectivity index (χ3v) is 3.79. The van der Waals surface area contributed by atoms with Crippen LogP contribution in [-0.2, 0) is 9.53 Å². The van der Waals surface area contributed by atoms with Crippen molar-refractivity contribution < 1.29 is 9.53 Å². The van der Waals surface area contributed by atoms with Gasteiger partial charge in [0, 0.05) is 6.04 Å². The summed E-state index contributed by atoms with van der Waals surface area (Å²) in [5.74, 6) is -0.154. The summed E-state index contributed by atoms with van der Waals surface area (Å²) in [6, 6.07) is 0.804. The molecule has 0 heterocycles. The van der Waals surface area contributed by atoms with Crippen LogP contribution >= 0.6 is 0 Å². The zero-order valence-electron chi connectivity index (χ0n) is 12.3. The highest BCUT2D eigenvalue weighted by atomic mass is 16.5. The van der Waals surface area contributed by atoms with E-state index in [4.69, 9.17) is 4.74 Å². The maximum atomic E-state index is 11.8. The number of hydrogen-bond acceptors (Lipinski definition) is 4. The van der Waals surface area contributed by atoms with Crippen LogP contribution in [0.1, 0.15) is 46.5 Å². The zero-order valence-corrected chi connectivity index (χ0v) is 12.3. The first-order valence-corrected chi connectivity index (χ1v) is 7.14. The highest BCUT2D eigenvalue weighted by molar-refractivity contribution is 5.80. The van der Waals surface area contributed by atoms with Crippen molar-refractivity contribution in [1.82, 2.24) is 10.2 Å². The molecule has 0 bridgehead atoms. The molecule has 1 rings (SSSR count). The van der Waals surface area contributed by atoms with Crippen LogP contribution in [0.5, 0.6) is 0 Å². The van der Waals surface area contributed by atoms with E-state index in [2.05, 4.69) is 17.1 Å². The fraction of sp³-hybridized carbons (Fsp3) is 0.929. The summed E-state index contributed by atoms with van der Waals surface area (Å²) in [7, 11) is 1.46. The standard InChI is InChI=1S/C14H28N2O2/c1-5-15-14(3,13(17)18-4)10-7-11-16(6-2)12-8-9-12/h12,15H,5-11H2,1-4H3. The third-order valence-electron chi connectivity index (χ3n) is 3.79. The van der Waals surface area contributed by atoms with Crippen LogP contribution in [0.4, 0.5) is 0 Å². The summed E-state index contributed by atoms with van der Waals surface area (Å²) in [5.41, 5.74) is -0.535. The fourth-order valence-corrected chi connectivity index (χ4v) is 2.55. The van der Waals surface area contributed by atoms with Crippen molar-refractivity contribution in [2.45, 2.75) is 58.0 Å². The highest BCUT2D eigenvalue weighted by Crippen LogP contribution is 2.27. The van der Waals surface area contributed by atoms with Gasteiger partial charge in [-0.3, -0.25) is 4.79 Å². The Kier molecular flexibility index (Phi) is 6.09. The Morgan fingerprint density at radius 1 is 1.44 bits per heavy atom. The molecule has 1 aliphatic carbocycles. The number of carbonyl (C=O) groups excluding carboxylic acids is 1. The second-order valence-corrected chi connectivity index (χ2v) is 5.32. The molecule has 106 valence electrons. The molecular weight excluding hydrogens is 228 g/mol. The van der Waals surface area contributed by atoms with Crippen molar-refractivity contribution in [2.75, 3.05) is 26.7 Å². The van der Waals surface area contributed by atoms with Crippen molar-refractivity contribution in [3.63, 3.8) is 0 Å². The van der Waals surface area contributed by atoms with Gasteiger partial charge >= 0.3 is 5.97 Å². The van der Waals surface area contributed by atoms with Crippen molar-refractivity contribution in [3.05, 3.63) is 0 Å². The topological polar surface area (TPSA) is 41.6 Å². The monoisotopic (exact) mass is 256 g/mol. The molecule has 0 amide bonds. The molecule has 0 saturated heterocycles. The van der Waals surface area contributed by atoms with Gasteiger partial charge in [-0.2, -0.15) is 0 Å². The van der Waals surface area contributed by atoms with E-state index < -0.39 is 5.54 Å². The summed E-state index contributed by atoms with van der Waals surface area (Å²) < 4.78 is 4.90. The van der Waals surface area contributed by atoms with Gasteiger partial charge in [0.1, 0.15) is 5.54 Å². The maximum Gasteiger partial charge on any atom is 0.325 e. The molecule has 1 N–H and O–H groups in total. The van der Waals surface area contributed by atoms with Gasteiger partial charge in [0.05, 0.1) is 7.11 Å². The van der Waals surface area contributed by atoms with Crippen LogP contribution in [0.3, 0.4) is 0 Å². The van der Waals surface area contributed by atoms with Crippen LogP contribution in [0.15, 0.2) is 0 Å². The summed E-state index contributed by atoms with van der Waals surface area (Å²) in [6.45, 7) is 9.15. The predicted octanol–water partition coefficient (Wildman–Crippen LogP) is 1.79. The number of nitrogens with one attached hydrogen (secondary N) is 1. The van der Waals surface area contributed by atoms with Crippen LogP contribution in [0.25, 0.3) is 0 Å². The van der Waals surface area contributed by atoms with Crippen LogP contribution in [-0.4, -0.2) is 49.2 Å². The molecule has 1 unspecified atom stereocenters. The van der Waals surface area contributed by atoms with Gasteiger partial charge < -0.3 is 15.0 Å². The first kappa shape index (κ1) is 15.4. The largest absolute Gasteiger partial charge is 0.468 e. The van der Waals surface area contributed by atoms with Crippen LogP contribution in [0, 0.1) is 0 Å². The molecule has 0 aromatic carbocycles. The molecule has 0 radical (unpaired) electrons. The predicted molar refractivity (Wildman–Crippen MR) is 73.6 cm³/mol. The number of ether oxygens (including phenoxy) is 1. The Morgan fingerprint density at radius 3 is 2.56 bits per heavy atom. The number of hydrogen-bond donors (Lipinski definition) is 1. The minimum Gasteiger partial charge on any atom is -0.468 e. The van der Waals surface area contributed by atoms with Crippen LogP contribution < -0.4 is 5.32 Å². The molecule has 0 aromatic heterocycles. The first-order valence-electron chi connectivity index (χ1n) is 7.14. The Balaban J connectivity index is 2.38. The smallest absolute Gasteiger partial charge is 0.325 e. The van der Waals surface area contributed by atoms with E-state index >= 15 is 0 Å². The molecular formula is C14H28N2O2. The lowest BCUT2D eigenvalue weighted by Gasteiger charge is -2.29. The van der Waals surface area contributed by atoms with Gasteiger partial charge in [-0.1, -0.05) is 13.8 Å². The highest BCUT2D eigenvalue weighted by Gasteiger charge is 2.33. The van der Waals surface area contributed by atoms with E-state index in [1.807, 2.05) is 13.8 Å². The summed E-state index contributed by atoms with van der Waals surface area (Å²) >= 11 is 0. The molecule has 0 aromatic rings. The number of esters is 1. The Hall–Kier alpha value is -0.610. The van der Waals surface area contributed by atoms with Gasteiger partial charge in [0.15, 0.2) is 0 Å². The molecule has 1 fully saturated rings. The average molecular weight is 256 g/mol. The molecule has 0 aliphatic heterocycles. The lowest BCUT2D eigenvalue weighted by atomic mass is 9.95. The minimum absolute atomic E-state index is 0.154. The summed E-state index contributed by atoms with van der Waals surface area (Å²) in [4.78, 5) is 14.3. The second-order valence-electron chi connectivity index (χ2n) is 5.32. The maximum absolute atomic E-state index is 11.8. The molecule has 4 heteroatoms. The molecule has 4 nitrogen and oxygen atoms in total. The van der Waals surface area contributed by atoms with E-state index in [0.717, 1.165) is 38.5 Å². The van der Waals surface area contributed by atoms with E-state index in [0.29, 0.717) is 0 Å². The average Bonchev–Trinajstić information content (AvgIpc) is 3.18. The van der Waals surface area contributed by atoms with E-state index in [1.54, 1.807) is 0 Å². The molecule has 1 aliphatic rings. The third kappa shape index (κ3) is 4.25. The Labute approximate surface area is 111 Å². The molecule has 1 atom stereocenters. The number of likely N-dealkylation sites (N-methyl/N-ethyl adjacent to an activating group) is 1. The molecule has 18 heavy (non-hydrogen) atoms. The summed E-state index contributed by atoms with van der Waals surface area (Å²) in [6.07, 6.45) is 4.55. The number of rotatable bonds is 9. The van der Waals surface area contributed by atoms with E-state index in [9.17, 15) is 4.79 Å². The van der Waals surface area contributed by atoms with Crippen LogP contribution in [0.2, 0.25) is 0 Å². The number of nitrogens with zero attached hydrogens (tertiary/aromatic N) is 1. The quantitative estimate of drug-likeness (QED) is 0.639. The van der Waals surface area contributed by atoms with Crippen molar-refractivity contribution >= 4 is 5.97 Å². The molecule has 1 saturated carbocycles. The van der Waals surface area contributed by atoms with Gasteiger partial charge in [-0.25, -0.2) is 0 Å². The SMILES string of the molecule is CCNC(C)(CCCN(CC)C1CC1)C(=O)OC. The van der Waals surface area contributed by atoms with Crippen molar-refractivity contribution in [3.8, 4) is 0 Å². The number of methoxy groups -OCH3 is 1. The zero-order chi connectivity index (χ0) is 13.6. The lowest BCUT2D eigenvalue weighted by Crippen LogP contribution is -2.50. The van der Waals surface area contributed by atoms with E-state index in [-0.39, 0.29) is 5.97 Å². The van der Waals surface area contributed by atoms with Gasteiger partial charge in [-0.05, 0) is 52.2 Å². The minimum atomic E-state index is -0.535. The summed E-state index contributed by atoms with van der Waals surface area (Å²) in [5, 5.41) is 3.25. The molecule has 0 spiro atoms. The van der Waals surface area contributed by atoms with Gasteiger partial charge in [0.25, 0.3) is 0 Å². The fourth-order valence-electron chi connectivity index (χ4n) is 2.55. The van der Waals surface area contributed by atoms with Gasteiger partial charge in [-0.15, -0.1) is 0 Å². The second kappa shape index (κ2) is 7.10.